The van der Waals surface area contributed by atoms with Gasteiger partial charge in [-0.25, -0.2) is 0 Å². The highest BCUT2D eigenvalue weighted by molar-refractivity contribution is 5.85. The van der Waals surface area contributed by atoms with E-state index in [9.17, 15) is 22.8 Å². The number of hydrogen-bond donors (Lipinski definition) is 2. The van der Waals surface area contributed by atoms with Crippen molar-refractivity contribution in [3.05, 3.63) is 0 Å². The van der Waals surface area contributed by atoms with Crippen molar-refractivity contribution in [3.63, 3.8) is 0 Å². The Hall–Kier alpha value is -1.31. The van der Waals surface area contributed by atoms with Crippen LogP contribution in [-0.4, -0.2) is 55.6 Å². The van der Waals surface area contributed by atoms with Gasteiger partial charge in [0.15, 0.2) is 0 Å². The topological polar surface area (TPSA) is 61.4 Å². The molecule has 0 bridgehead atoms. The normalized spacial score (nSPS) is 11.2. The van der Waals surface area contributed by atoms with Gasteiger partial charge in [-0.15, -0.1) is 0 Å². The van der Waals surface area contributed by atoms with E-state index in [2.05, 4.69) is 5.32 Å². The Balaban J connectivity index is 3.80. The number of alkyl halides is 3. The van der Waals surface area contributed by atoms with Gasteiger partial charge in [-0.3, -0.25) is 9.59 Å². The molecule has 0 rings (SSSR count). The van der Waals surface area contributed by atoms with Gasteiger partial charge in [-0.1, -0.05) is 0 Å². The molecule has 0 unspecified atom stereocenters. The zero-order valence-corrected chi connectivity index (χ0v) is 10.4. The molecule has 0 saturated heterocycles. The number of likely N-dealkylation sites (N-methyl/N-ethyl adjacent to an activating group) is 1. The lowest BCUT2D eigenvalue weighted by atomic mass is 10.4. The summed E-state index contributed by atoms with van der Waals surface area (Å²) < 4.78 is 35.3. The average molecular weight is 269 g/mol. The maximum Gasteiger partial charge on any atom is 0.401 e. The van der Waals surface area contributed by atoms with Gasteiger partial charge in [0, 0.05) is 13.1 Å². The number of nitrogens with one attached hydrogen (secondary N) is 2. The van der Waals surface area contributed by atoms with Gasteiger partial charge in [-0.05, 0) is 13.8 Å². The lowest BCUT2D eigenvalue weighted by Crippen LogP contribution is -2.43. The second-order valence-electron chi connectivity index (χ2n) is 3.56. The third-order valence-electron chi connectivity index (χ3n) is 2.16. The van der Waals surface area contributed by atoms with Crippen molar-refractivity contribution in [2.45, 2.75) is 20.0 Å². The molecule has 0 heterocycles. The Morgan fingerprint density at radius 2 is 1.67 bits per heavy atom. The van der Waals surface area contributed by atoms with E-state index in [1.807, 2.05) is 5.32 Å². The quantitative estimate of drug-likeness (QED) is 0.690. The van der Waals surface area contributed by atoms with E-state index in [0.717, 1.165) is 0 Å². The molecule has 106 valence electrons. The lowest BCUT2D eigenvalue weighted by Gasteiger charge is -2.18. The number of rotatable bonds is 7. The second-order valence-corrected chi connectivity index (χ2v) is 3.56. The zero-order valence-electron chi connectivity index (χ0n) is 10.4. The highest BCUT2D eigenvalue weighted by Crippen LogP contribution is 2.11. The maximum atomic E-state index is 11.8. The van der Waals surface area contributed by atoms with E-state index >= 15 is 0 Å². The third kappa shape index (κ3) is 7.88. The van der Waals surface area contributed by atoms with E-state index in [1.165, 1.54) is 4.90 Å². The Labute approximate surface area is 104 Å². The number of nitrogens with zero attached hydrogens (tertiary/aromatic N) is 1. The molecule has 0 saturated carbocycles. The fourth-order valence-electron chi connectivity index (χ4n) is 1.24. The predicted molar refractivity (Wildman–Crippen MR) is 59.9 cm³/mol. The molecule has 0 aliphatic carbocycles. The van der Waals surface area contributed by atoms with Crippen LogP contribution < -0.4 is 10.6 Å². The van der Waals surface area contributed by atoms with Gasteiger partial charge < -0.3 is 15.5 Å². The van der Waals surface area contributed by atoms with Crippen LogP contribution in [0.4, 0.5) is 13.2 Å². The van der Waals surface area contributed by atoms with Gasteiger partial charge in [0.05, 0.1) is 19.6 Å². The van der Waals surface area contributed by atoms with Crippen molar-refractivity contribution in [1.82, 2.24) is 15.5 Å². The monoisotopic (exact) mass is 269 g/mol. The number of halogens is 3. The SMILES string of the molecule is CCN(CC)C(=O)CNC(=O)CNCC(F)(F)F. The summed E-state index contributed by atoms with van der Waals surface area (Å²) in [6, 6.07) is 0. The van der Waals surface area contributed by atoms with Crippen LogP contribution in [0.3, 0.4) is 0 Å². The van der Waals surface area contributed by atoms with Gasteiger partial charge in [0.1, 0.15) is 0 Å². The Bertz CT molecular complexity index is 278. The summed E-state index contributed by atoms with van der Waals surface area (Å²) >= 11 is 0. The molecule has 0 aliphatic heterocycles. The van der Waals surface area contributed by atoms with Crippen molar-refractivity contribution in [1.29, 1.82) is 0 Å². The van der Waals surface area contributed by atoms with E-state index in [4.69, 9.17) is 0 Å². The first kappa shape index (κ1) is 16.7. The molecule has 2 amide bonds. The maximum absolute atomic E-state index is 11.8. The number of amides is 2. The molecule has 2 N–H and O–H groups in total. The summed E-state index contributed by atoms with van der Waals surface area (Å²) in [5, 5.41) is 4.20. The minimum Gasteiger partial charge on any atom is -0.346 e. The Morgan fingerprint density at radius 1 is 1.11 bits per heavy atom. The summed E-state index contributed by atoms with van der Waals surface area (Å²) in [6.45, 7) is 2.75. The van der Waals surface area contributed by atoms with Crippen LogP contribution in [0.2, 0.25) is 0 Å². The van der Waals surface area contributed by atoms with Crippen LogP contribution >= 0.6 is 0 Å². The van der Waals surface area contributed by atoms with Crippen LogP contribution in [0.5, 0.6) is 0 Å². The Morgan fingerprint density at radius 3 is 2.11 bits per heavy atom. The molecular weight excluding hydrogens is 251 g/mol. The summed E-state index contributed by atoms with van der Waals surface area (Å²) in [5.74, 6) is -0.899. The molecule has 0 radical (unpaired) electrons. The summed E-state index contributed by atoms with van der Waals surface area (Å²) in [5.41, 5.74) is 0. The molecule has 0 aliphatic rings. The fraction of sp³-hybridized carbons (Fsp3) is 0.800. The molecule has 18 heavy (non-hydrogen) atoms. The minimum atomic E-state index is -4.35. The Kier molecular flexibility index (Phi) is 7.33. The van der Waals surface area contributed by atoms with Crippen LogP contribution in [0.1, 0.15) is 13.8 Å². The van der Waals surface area contributed by atoms with E-state index < -0.39 is 25.2 Å². The number of carbonyl (C=O) groups excluding carboxylic acids is 2. The van der Waals surface area contributed by atoms with E-state index in [1.54, 1.807) is 13.8 Å². The second kappa shape index (κ2) is 7.91. The molecule has 8 heteroatoms. The van der Waals surface area contributed by atoms with Crippen LogP contribution in [0, 0.1) is 0 Å². The van der Waals surface area contributed by atoms with Gasteiger partial charge in [0.25, 0.3) is 0 Å². The van der Waals surface area contributed by atoms with Gasteiger partial charge in [0.2, 0.25) is 11.8 Å². The van der Waals surface area contributed by atoms with E-state index in [0.29, 0.717) is 13.1 Å². The third-order valence-corrected chi connectivity index (χ3v) is 2.16. The summed E-state index contributed by atoms with van der Waals surface area (Å²) in [6.07, 6.45) is -4.35. The van der Waals surface area contributed by atoms with Crippen LogP contribution in [0.25, 0.3) is 0 Å². The van der Waals surface area contributed by atoms with Crippen LogP contribution in [-0.2, 0) is 9.59 Å². The van der Waals surface area contributed by atoms with E-state index in [-0.39, 0.29) is 12.5 Å². The smallest absolute Gasteiger partial charge is 0.346 e. The molecule has 0 spiro atoms. The fourth-order valence-corrected chi connectivity index (χ4v) is 1.24. The van der Waals surface area contributed by atoms with Crippen molar-refractivity contribution in [2.75, 3.05) is 32.7 Å². The highest BCUT2D eigenvalue weighted by atomic mass is 19.4. The van der Waals surface area contributed by atoms with Crippen molar-refractivity contribution in [2.24, 2.45) is 0 Å². The predicted octanol–water partition coefficient (Wildman–Crippen LogP) is 0.123. The highest BCUT2D eigenvalue weighted by Gasteiger charge is 2.26. The molecule has 0 fully saturated rings. The van der Waals surface area contributed by atoms with Crippen LogP contribution in [0.15, 0.2) is 0 Å². The average Bonchev–Trinajstić information content (AvgIpc) is 2.26. The van der Waals surface area contributed by atoms with Crippen molar-refractivity contribution < 1.29 is 22.8 Å². The summed E-state index contributed by atoms with van der Waals surface area (Å²) in [4.78, 5) is 24.1. The first-order chi connectivity index (χ1) is 8.30. The number of hydrogen-bond acceptors (Lipinski definition) is 3. The minimum absolute atomic E-state index is 0.200. The zero-order chi connectivity index (χ0) is 14.2. The summed E-state index contributed by atoms with van der Waals surface area (Å²) in [7, 11) is 0. The molecule has 0 aromatic rings. The van der Waals surface area contributed by atoms with Crippen molar-refractivity contribution >= 4 is 11.8 Å². The number of carbonyl (C=O) groups is 2. The molecule has 0 aromatic heterocycles. The first-order valence-corrected chi connectivity index (χ1v) is 5.62. The largest absolute Gasteiger partial charge is 0.401 e. The van der Waals surface area contributed by atoms with Crippen molar-refractivity contribution in [3.8, 4) is 0 Å². The molecule has 0 aromatic carbocycles. The lowest BCUT2D eigenvalue weighted by molar-refractivity contribution is -0.133. The first-order valence-electron chi connectivity index (χ1n) is 5.62. The van der Waals surface area contributed by atoms with Gasteiger partial charge in [-0.2, -0.15) is 13.2 Å². The van der Waals surface area contributed by atoms with Gasteiger partial charge >= 0.3 is 6.18 Å². The standard InChI is InChI=1S/C10H18F3N3O2/c1-3-16(4-2)9(18)6-15-8(17)5-14-7-10(11,12)13/h14H,3-7H2,1-2H3,(H,15,17). The molecule has 0 atom stereocenters. The molecular formula is C10H18F3N3O2. The molecule has 5 nitrogen and oxygen atoms in total.